The fourth-order valence-electron chi connectivity index (χ4n) is 1.67. The number of likely N-dealkylation sites (tertiary alicyclic amines) is 1. The minimum atomic E-state index is 0.634. The molecule has 1 fully saturated rings. The fraction of sp³-hybridized carbons (Fsp3) is 0.778. The van der Waals surface area contributed by atoms with Crippen LogP contribution in [-0.4, -0.2) is 30.1 Å². The van der Waals surface area contributed by atoms with Gasteiger partial charge in [0.15, 0.2) is 0 Å². The molecule has 0 radical (unpaired) electrons. The summed E-state index contributed by atoms with van der Waals surface area (Å²) in [4.78, 5) is 2.46. The molecule has 0 aromatic carbocycles. The van der Waals surface area contributed by atoms with Crippen LogP contribution in [-0.2, 0) is 0 Å². The van der Waals surface area contributed by atoms with E-state index in [1.54, 1.807) is 0 Å². The average molecular weight is 154 g/mol. The van der Waals surface area contributed by atoms with Crippen LogP contribution in [0.3, 0.4) is 0 Å². The molecule has 64 valence electrons. The normalized spacial score (nSPS) is 27.6. The number of hydrogen-bond acceptors (Lipinski definition) is 2. The second kappa shape index (κ2) is 3.88. The Kier molecular flexibility index (Phi) is 3.09. The maximum Gasteiger partial charge on any atom is 0.0233 e. The summed E-state index contributed by atoms with van der Waals surface area (Å²) in [6.45, 7) is 8.00. The van der Waals surface area contributed by atoms with Crippen molar-refractivity contribution in [1.82, 2.24) is 4.90 Å². The third-order valence-corrected chi connectivity index (χ3v) is 2.54. The molecule has 0 bridgehead atoms. The van der Waals surface area contributed by atoms with Gasteiger partial charge in [0.05, 0.1) is 0 Å². The second-order valence-electron chi connectivity index (χ2n) is 3.29. The zero-order valence-electron chi connectivity index (χ0n) is 7.29. The molecule has 0 saturated carbocycles. The van der Waals surface area contributed by atoms with Gasteiger partial charge in [-0.3, -0.25) is 4.90 Å². The molecule has 0 aliphatic carbocycles. The molecule has 0 amide bonds. The number of nitrogens with zero attached hydrogens (tertiary/aromatic N) is 1. The van der Waals surface area contributed by atoms with Gasteiger partial charge in [-0.25, -0.2) is 0 Å². The predicted molar refractivity (Wildman–Crippen MR) is 48.4 cm³/mol. The molecular weight excluding hydrogens is 136 g/mol. The lowest BCUT2D eigenvalue weighted by atomic mass is 9.99. The van der Waals surface area contributed by atoms with Gasteiger partial charge in [0.25, 0.3) is 0 Å². The van der Waals surface area contributed by atoms with Gasteiger partial charge < -0.3 is 5.73 Å². The van der Waals surface area contributed by atoms with Crippen molar-refractivity contribution >= 4 is 0 Å². The van der Waals surface area contributed by atoms with Crippen LogP contribution in [0.4, 0.5) is 0 Å². The largest absolute Gasteiger partial charge is 0.329 e. The standard InChI is InChI=1S/C9H18N2/c1-3-4-8(2)11-6-5-9(11)7-10/h3,8-9H,1,4-7,10H2,2H3. The predicted octanol–water partition coefficient (Wildman–Crippen LogP) is 0.984. The fourth-order valence-corrected chi connectivity index (χ4v) is 1.67. The number of nitrogens with two attached hydrogens (primary N) is 1. The molecule has 1 saturated heterocycles. The van der Waals surface area contributed by atoms with Crippen LogP contribution in [0.5, 0.6) is 0 Å². The van der Waals surface area contributed by atoms with E-state index < -0.39 is 0 Å². The van der Waals surface area contributed by atoms with Crippen LogP contribution in [0.15, 0.2) is 12.7 Å². The maximum absolute atomic E-state index is 5.59. The van der Waals surface area contributed by atoms with E-state index in [1.165, 1.54) is 13.0 Å². The van der Waals surface area contributed by atoms with Gasteiger partial charge in [0.2, 0.25) is 0 Å². The molecule has 0 aromatic heterocycles. The summed E-state index contributed by atoms with van der Waals surface area (Å²) in [7, 11) is 0. The summed E-state index contributed by atoms with van der Waals surface area (Å²) >= 11 is 0. The van der Waals surface area contributed by atoms with Gasteiger partial charge >= 0.3 is 0 Å². The van der Waals surface area contributed by atoms with E-state index in [9.17, 15) is 0 Å². The van der Waals surface area contributed by atoms with Crippen molar-refractivity contribution in [3.8, 4) is 0 Å². The lowest BCUT2D eigenvalue weighted by molar-refractivity contribution is 0.0556. The number of rotatable bonds is 4. The summed E-state index contributed by atoms with van der Waals surface area (Å²) in [5.74, 6) is 0. The van der Waals surface area contributed by atoms with E-state index in [2.05, 4.69) is 18.4 Å². The zero-order chi connectivity index (χ0) is 8.27. The van der Waals surface area contributed by atoms with Crippen molar-refractivity contribution in [2.24, 2.45) is 5.73 Å². The van der Waals surface area contributed by atoms with Crippen molar-refractivity contribution in [3.05, 3.63) is 12.7 Å². The van der Waals surface area contributed by atoms with E-state index in [1.807, 2.05) is 6.08 Å². The average Bonchev–Trinajstić information content (AvgIpc) is 1.86. The summed E-state index contributed by atoms with van der Waals surface area (Å²) in [6.07, 6.45) is 4.34. The first-order chi connectivity index (χ1) is 5.29. The second-order valence-corrected chi connectivity index (χ2v) is 3.29. The quantitative estimate of drug-likeness (QED) is 0.612. The van der Waals surface area contributed by atoms with Crippen LogP contribution in [0.2, 0.25) is 0 Å². The van der Waals surface area contributed by atoms with Crippen molar-refractivity contribution < 1.29 is 0 Å². The molecule has 11 heavy (non-hydrogen) atoms. The summed E-state index contributed by atoms with van der Waals surface area (Å²) in [5, 5.41) is 0. The van der Waals surface area contributed by atoms with Gasteiger partial charge in [0.1, 0.15) is 0 Å². The molecule has 1 aliphatic heterocycles. The minimum Gasteiger partial charge on any atom is -0.329 e. The van der Waals surface area contributed by atoms with Gasteiger partial charge in [-0.15, -0.1) is 6.58 Å². The zero-order valence-corrected chi connectivity index (χ0v) is 7.29. The first kappa shape index (κ1) is 8.75. The first-order valence-corrected chi connectivity index (χ1v) is 4.36. The highest BCUT2D eigenvalue weighted by Crippen LogP contribution is 2.20. The molecule has 0 aromatic rings. The van der Waals surface area contributed by atoms with Gasteiger partial charge in [0, 0.05) is 25.2 Å². The highest BCUT2D eigenvalue weighted by Gasteiger charge is 2.29. The molecule has 2 atom stereocenters. The Hall–Kier alpha value is -0.340. The topological polar surface area (TPSA) is 29.3 Å². The molecule has 2 nitrogen and oxygen atoms in total. The van der Waals surface area contributed by atoms with Crippen LogP contribution >= 0.6 is 0 Å². The molecule has 1 rings (SSSR count). The number of hydrogen-bond donors (Lipinski definition) is 1. The van der Waals surface area contributed by atoms with Crippen molar-refractivity contribution in [2.75, 3.05) is 13.1 Å². The van der Waals surface area contributed by atoms with Crippen molar-refractivity contribution in [3.63, 3.8) is 0 Å². The van der Waals surface area contributed by atoms with Crippen LogP contribution in [0.1, 0.15) is 19.8 Å². The lowest BCUT2D eigenvalue weighted by Crippen LogP contribution is -2.55. The Bertz CT molecular complexity index is 132. The van der Waals surface area contributed by atoms with Gasteiger partial charge in [-0.2, -0.15) is 0 Å². The molecule has 1 aliphatic rings. The molecule has 0 spiro atoms. The lowest BCUT2D eigenvalue weighted by Gasteiger charge is -2.44. The summed E-state index contributed by atoms with van der Waals surface area (Å²) in [6, 6.07) is 1.28. The minimum absolute atomic E-state index is 0.634. The Balaban J connectivity index is 2.29. The SMILES string of the molecule is C=CCC(C)N1CCC1CN. The Morgan fingerprint density at radius 2 is 2.55 bits per heavy atom. The van der Waals surface area contributed by atoms with Crippen molar-refractivity contribution in [1.29, 1.82) is 0 Å². The van der Waals surface area contributed by atoms with E-state index in [-0.39, 0.29) is 0 Å². The monoisotopic (exact) mass is 154 g/mol. The summed E-state index contributed by atoms with van der Waals surface area (Å²) < 4.78 is 0. The van der Waals surface area contributed by atoms with Crippen LogP contribution in [0.25, 0.3) is 0 Å². The van der Waals surface area contributed by atoms with Crippen molar-refractivity contribution in [2.45, 2.75) is 31.8 Å². The van der Waals surface area contributed by atoms with Gasteiger partial charge in [-0.05, 0) is 19.8 Å². The molecular formula is C9H18N2. The van der Waals surface area contributed by atoms with E-state index >= 15 is 0 Å². The molecule has 2 unspecified atom stereocenters. The molecule has 1 heterocycles. The third-order valence-electron chi connectivity index (χ3n) is 2.54. The third kappa shape index (κ3) is 1.82. The van der Waals surface area contributed by atoms with E-state index in [0.29, 0.717) is 12.1 Å². The molecule has 2 N–H and O–H groups in total. The van der Waals surface area contributed by atoms with E-state index in [0.717, 1.165) is 13.0 Å². The van der Waals surface area contributed by atoms with Crippen LogP contribution in [0, 0.1) is 0 Å². The summed E-state index contributed by atoms with van der Waals surface area (Å²) in [5.41, 5.74) is 5.59. The van der Waals surface area contributed by atoms with Crippen LogP contribution < -0.4 is 5.73 Å². The Labute approximate surface area is 69.1 Å². The molecule has 2 heteroatoms. The highest BCUT2D eigenvalue weighted by molar-refractivity contribution is 4.89. The highest BCUT2D eigenvalue weighted by atomic mass is 15.2. The van der Waals surface area contributed by atoms with Gasteiger partial charge in [-0.1, -0.05) is 6.08 Å². The first-order valence-electron chi connectivity index (χ1n) is 4.36. The Morgan fingerprint density at radius 1 is 1.82 bits per heavy atom. The van der Waals surface area contributed by atoms with E-state index in [4.69, 9.17) is 5.73 Å². The Morgan fingerprint density at radius 3 is 2.91 bits per heavy atom. The smallest absolute Gasteiger partial charge is 0.0233 e. The maximum atomic E-state index is 5.59.